The van der Waals surface area contributed by atoms with E-state index in [4.69, 9.17) is 4.74 Å². The first-order valence-electron chi connectivity index (χ1n) is 13.1. The fourth-order valence-corrected chi connectivity index (χ4v) is 6.09. The van der Waals surface area contributed by atoms with Gasteiger partial charge in [-0.1, -0.05) is 72.8 Å². The number of ether oxygens (including phenoxy) is 1. The molecule has 2 fully saturated rings. The number of hydrogen-bond donors (Lipinski definition) is 0. The van der Waals surface area contributed by atoms with E-state index in [0.29, 0.717) is 25.3 Å². The minimum Gasteiger partial charge on any atom is -0.410 e. The zero-order valence-electron chi connectivity index (χ0n) is 21.6. The highest BCUT2D eigenvalue weighted by molar-refractivity contribution is 5.98. The van der Waals surface area contributed by atoms with Crippen LogP contribution in [0, 0.1) is 11.8 Å². The van der Waals surface area contributed by atoms with Gasteiger partial charge in [0, 0.05) is 25.0 Å². The lowest BCUT2D eigenvalue weighted by Gasteiger charge is -2.46. The third kappa shape index (κ3) is 4.27. The van der Waals surface area contributed by atoms with Crippen molar-refractivity contribution in [2.75, 3.05) is 6.54 Å². The zero-order chi connectivity index (χ0) is 26.4. The Balaban J connectivity index is 1.27. The summed E-state index contributed by atoms with van der Waals surface area (Å²) in [5, 5.41) is 5.50. The molecule has 0 N–H and O–H groups in total. The molecule has 0 radical (unpaired) electrons. The Hall–Kier alpha value is -3.97. The summed E-state index contributed by atoms with van der Waals surface area (Å²) in [6.07, 6.45) is 4.37. The molecule has 0 saturated carbocycles. The monoisotopic (exact) mass is 509 g/mol. The number of para-hydroxylation sites is 1. The summed E-state index contributed by atoms with van der Waals surface area (Å²) in [5.74, 6) is -0.477. The van der Waals surface area contributed by atoms with Crippen LogP contribution in [0.4, 0.5) is 4.79 Å². The summed E-state index contributed by atoms with van der Waals surface area (Å²) in [5.41, 5.74) is 0.529. The second-order valence-electron chi connectivity index (χ2n) is 11.0. The third-order valence-electron chi connectivity index (χ3n) is 8.01. The van der Waals surface area contributed by atoms with Crippen LogP contribution in [-0.2, 0) is 16.1 Å². The van der Waals surface area contributed by atoms with E-state index in [9.17, 15) is 14.4 Å². The Labute approximate surface area is 222 Å². The van der Waals surface area contributed by atoms with Gasteiger partial charge < -0.3 is 9.64 Å². The number of rotatable bonds is 4. The average Bonchev–Trinajstić information content (AvgIpc) is 3.16. The summed E-state index contributed by atoms with van der Waals surface area (Å²) >= 11 is 0. The molecular formula is C31H31N3O4. The number of imide groups is 1. The van der Waals surface area contributed by atoms with Gasteiger partial charge in [0.25, 0.3) is 0 Å². The number of nitrogens with zero attached hydrogens (tertiary/aromatic N) is 3. The highest BCUT2D eigenvalue weighted by Gasteiger charge is 2.52. The summed E-state index contributed by atoms with van der Waals surface area (Å²) in [4.78, 5) is 42.2. The molecule has 7 rings (SSSR count). The highest BCUT2D eigenvalue weighted by Crippen LogP contribution is 2.40. The number of piperidine rings is 1. The quantitative estimate of drug-likeness (QED) is 0.359. The van der Waals surface area contributed by atoms with E-state index in [1.807, 2.05) is 61.3 Å². The van der Waals surface area contributed by atoms with Crippen LogP contribution in [0.15, 0.2) is 84.9 Å². The molecule has 7 nitrogen and oxygen atoms in total. The molecule has 3 amide bonds. The van der Waals surface area contributed by atoms with Crippen LogP contribution in [0.3, 0.4) is 0 Å². The van der Waals surface area contributed by atoms with Crippen LogP contribution in [0.2, 0.25) is 0 Å². The molecule has 0 aromatic heterocycles. The molecule has 1 aliphatic carbocycles. The molecule has 3 aromatic rings. The number of carbonyl (C=O) groups excluding carboxylic acids is 3. The number of benzene rings is 3. The van der Waals surface area contributed by atoms with E-state index >= 15 is 0 Å². The summed E-state index contributed by atoms with van der Waals surface area (Å²) in [6.45, 7) is 4.93. The van der Waals surface area contributed by atoms with Crippen LogP contribution in [0.1, 0.15) is 32.3 Å². The van der Waals surface area contributed by atoms with E-state index in [-0.39, 0.29) is 24.2 Å². The smallest absolute Gasteiger partial charge is 0.410 e. The van der Waals surface area contributed by atoms with Crippen LogP contribution in [0.25, 0.3) is 10.8 Å². The Morgan fingerprint density at radius 3 is 2.47 bits per heavy atom. The van der Waals surface area contributed by atoms with Crippen molar-refractivity contribution < 1.29 is 19.1 Å². The Morgan fingerprint density at radius 1 is 0.947 bits per heavy atom. The molecule has 3 heterocycles. The minimum absolute atomic E-state index is 0.0366. The predicted molar refractivity (Wildman–Crippen MR) is 144 cm³/mol. The SMILES string of the molecule is CC1(C)CC(=O)N(C(=O)[C@H]2C[C@H]3C=C[C@@H]2N(C(=O)Oc2ccccc2)C3)N1Cc1cccc2ccccc12. The fourth-order valence-electron chi connectivity index (χ4n) is 6.09. The first-order chi connectivity index (χ1) is 18.3. The number of hydrogen-bond acceptors (Lipinski definition) is 5. The van der Waals surface area contributed by atoms with Crippen LogP contribution in [-0.4, -0.2) is 51.0 Å². The van der Waals surface area contributed by atoms with E-state index in [1.54, 1.807) is 17.0 Å². The molecule has 2 saturated heterocycles. The molecule has 4 aliphatic rings. The molecule has 2 bridgehead atoms. The first-order valence-corrected chi connectivity index (χ1v) is 13.1. The molecule has 3 aliphatic heterocycles. The molecular weight excluding hydrogens is 478 g/mol. The van der Waals surface area contributed by atoms with Gasteiger partial charge in [-0.2, -0.15) is 0 Å². The Bertz CT molecular complexity index is 1430. The number of carbonyl (C=O) groups is 3. The largest absolute Gasteiger partial charge is 0.415 e. The van der Waals surface area contributed by atoms with E-state index in [0.717, 1.165) is 16.3 Å². The lowest BCUT2D eigenvalue weighted by atomic mass is 9.77. The van der Waals surface area contributed by atoms with Crippen LogP contribution < -0.4 is 4.74 Å². The fraction of sp³-hybridized carbons (Fsp3) is 0.323. The van der Waals surface area contributed by atoms with Gasteiger partial charge in [0.2, 0.25) is 11.8 Å². The van der Waals surface area contributed by atoms with Crippen LogP contribution in [0.5, 0.6) is 5.75 Å². The normalized spacial score (nSPS) is 24.3. The lowest BCUT2D eigenvalue weighted by Crippen LogP contribution is -2.60. The summed E-state index contributed by atoms with van der Waals surface area (Å²) in [7, 11) is 0. The van der Waals surface area contributed by atoms with Crippen molar-refractivity contribution in [3.8, 4) is 5.75 Å². The van der Waals surface area contributed by atoms with Gasteiger partial charge in [-0.15, -0.1) is 0 Å². The topological polar surface area (TPSA) is 70.2 Å². The standard InChI is InChI=1S/C31H31N3O4/c1-31(2)18-28(35)34(33(31)20-23-11-8-10-22-9-6-7-14-25(22)23)29(36)26-17-21-15-16-27(26)32(19-21)30(37)38-24-12-4-3-5-13-24/h3-16,21,26-27H,17-20H2,1-2H3/t21-,26+,27+/m1/s1. The van der Waals surface area contributed by atoms with Crippen molar-refractivity contribution in [1.29, 1.82) is 0 Å². The maximum atomic E-state index is 14.1. The van der Waals surface area contributed by atoms with Crippen molar-refractivity contribution in [3.05, 3.63) is 90.5 Å². The number of fused-ring (bicyclic) bond motifs is 3. The summed E-state index contributed by atoms with van der Waals surface area (Å²) < 4.78 is 5.61. The average molecular weight is 510 g/mol. The Morgan fingerprint density at radius 2 is 1.68 bits per heavy atom. The van der Waals surface area contributed by atoms with E-state index < -0.39 is 23.6 Å². The van der Waals surface area contributed by atoms with Crippen molar-refractivity contribution in [2.24, 2.45) is 11.8 Å². The Kier molecular flexibility index (Phi) is 6.03. The predicted octanol–water partition coefficient (Wildman–Crippen LogP) is 5.17. The van der Waals surface area contributed by atoms with Crippen molar-refractivity contribution >= 4 is 28.7 Å². The van der Waals surface area contributed by atoms with E-state index in [2.05, 4.69) is 30.3 Å². The second kappa shape index (κ2) is 9.40. The molecule has 194 valence electrons. The van der Waals surface area contributed by atoms with Crippen molar-refractivity contribution in [1.82, 2.24) is 14.9 Å². The first kappa shape index (κ1) is 24.4. The second-order valence-corrected chi connectivity index (χ2v) is 11.0. The number of amides is 3. The molecule has 3 atom stereocenters. The molecule has 3 aromatic carbocycles. The third-order valence-corrected chi connectivity index (χ3v) is 8.01. The van der Waals surface area contributed by atoms with Gasteiger partial charge in [0.15, 0.2) is 0 Å². The van der Waals surface area contributed by atoms with Gasteiger partial charge in [-0.05, 0) is 54.7 Å². The van der Waals surface area contributed by atoms with Gasteiger partial charge in [0.1, 0.15) is 5.75 Å². The maximum absolute atomic E-state index is 14.1. The molecule has 0 spiro atoms. The summed E-state index contributed by atoms with van der Waals surface area (Å²) in [6, 6.07) is 22.8. The van der Waals surface area contributed by atoms with E-state index in [1.165, 1.54) is 5.01 Å². The van der Waals surface area contributed by atoms with Crippen molar-refractivity contribution in [2.45, 2.75) is 44.8 Å². The highest BCUT2D eigenvalue weighted by atomic mass is 16.6. The van der Waals surface area contributed by atoms with Gasteiger partial charge in [-0.3, -0.25) is 9.59 Å². The molecule has 0 unspecified atom stereocenters. The lowest BCUT2D eigenvalue weighted by molar-refractivity contribution is -0.167. The van der Waals surface area contributed by atoms with Crippen molar-refractivity contribution in [3.63, 3.8) is 0 Å². The van der Waals surface area contributed by atoms with Crippen LogP contribution >= 0.6 is 0 Å². The zero-order valence-corrected chi connectivity index (χ0v) is 21.6. The van der Waals surface area contributed by atoms with Gasteiger partial charge in [0.05, 0.1) is 12.0 Å². The maximum Gasteiger partial charge on any atom is 0.415 e. The molecule has 38 heavy (non-hydrogen) atoms. The minimum atomic E-state index is -0.529. The van der Waals surface area contributed by atoms with Gasteiger partial charge >= 0.3 is 6.09 Å². The number of hydrazine groups is 1. The van der Waals surface area contributed by atoms with Gasteiger partial charge in [-0.25, -0.2) is 14.8 Å². The molecule has 7 heteroatoms.